The minimum absolute atomic E-state index is 0.00741. The van der Waals surface area contributed by atoms with Crippen molar-refractivity contribution in [1.82, 2.24) is 0 Å². The van der Waals surface area contributed by atoms with Gasteiger partial charge in [0.2, 0.25) is 0 Å². The Kier molecular flexibility index (Phi) is 4.70. The van der Waals surface area contributed by atoms with Crippen molar-refractivity contribution in [2.75, 3.05) is 6.79 Å². The third-order valence-corrected chi connectivity index (χ3v) is 1.84. The Bertz CT molecular complexity index is 194. The van der Waals surface area contributed by atoms with Crippen LogP contribution in [0.3, 0.4) is 0 Å². The summed E-state index contributed by atoms with van der Waals surface area (Å²) in [7, 11) is 0. The summed E-state index contributed by atoms with van der Waals surface area (Å²) in [5, 5.41) is 0. The Hall–Kier alpha value is -0.830. The standard InChI is InChI=1S/C10H18O3/c1-6-10(4,5)13-7-12-9(11)8(2)3/h2,6-7H2,1,3-5H3. The summed E-state index contributed by atoms with van der Waals surface area (Å²) >= 11 is 0. The number of esters is 1. The molecule has 76 valence electrons. The van der Waals surface area contributed by atoms with Crippen LogP contribution in [0.2, 0.25) is 0 Å². The normalized spacial score (nSPS) is 11.1. The van der Waals surface area contributed by atoms with E-state index < -0.39 is 5.97 Å². The molecule has 0 rings (SSSR count). The lowest BCUT2D eigenvalue weighted by molar-refractivity contribution is -0.164. The van der Waals surface area contributed by atoms with Crippen LogP contribution in [0.5, 0.6) is 0 Å². The van der Waals surface area contributed by atoms with Gasteiger partial charge < -0.3 is 9.47 Å². The SMILES string of the molecule is C=C(C)C(=O)OCOC(C)(C)CC. The number of ether oxygens (including phenoxy) is 2. The van der Waals surface area contributed by atoms with E-state index in [4.69, 9.17) is 9.47 Å². The van der Waals surface area contributed by atoms with Gasteiger partial charge in [0.05, 0.1) is 5.60 Å². The van der Waals surface area contributed by atoms with Gasteiger partial charge in [-0.1, -0.05) is 13.5 Å². The molecule has 0 spiro atoms. The fourth-order valence-electron chi connectivity index (χ4n) is 0.468. The molecule has 0 saturated heterocycles. The highest BCUT2D eigenvalue weighted by atomic mass is 16.7. The monoisotopic (exact) mass is 186 g/mol. The Morgan fingerprint density at radius 3 is 2.38 bits per heavy atom. The maximum atomic E-state index is 10.9. The van der Waals surface area contributed by atoms with Crippen molar-refractivity contribution in [3.63, 3.8) is 0 Å². The molecular formula is C10H18O3. The average molecular weight is 186 g/mol. The summed E-state index contributed by atoms with van der Waals surface area (Å²) in [5.41, 5.74) is 0.146. The first kappa shape index (κ1) is 12.2. The molecule has 0 N–H and O–H groups in total. The Morgan fingerprint density at radius 1 is 1.46 bits per heavy atom. The molecule has 0 aliphatic heterocycles. The lowest BCUT2D eigenvalue weighted by Crippen LogP contribution is -2.25. The molecule has 3 nitrogen and oxygen atoms in total. The van der Waals surface area contributed by atoms with Gasteiger partial charge >= 0.3 is 5.97 Å². The minimum Gasteiger partial charge on any atom is -0.435 e. The largest absolute Gasteiger partial charge is 0.435 e. The van der Waals surface area contributed by atoms with E-state index in [1.165, 1.54) is 0 Å². The molecule has 3 heteroatoms. The van der Waals surface area contributed by atoms with Crippen molar-refractivity contribution in [3.05, 3.63) is 12.2 Å². The van der Waals surface area contributed by atoms with Crippen molar-refractivity contribution in [1.29, 1.82) is 0 Å². The van der Waals surface area contributed by atoms with E-state index in [-0.39, 0.29) is 12.4 Å². The average Bonchev–Trinajstić information content (AvgIpc) is 2.04. The molecule has 0 saturated carbocycles. The van der Waals surface area contributed by atoms with Crippen LogP contribution in [-0.4, -0.2) is 18.4 Å². The topological polar surface area (TPSA) is 35.5 Å². The van der Waals surface area contributed by atoms with Gasteiger partial charge in [-0.25, -0.2) is 4.79 Å². The first-order valence-corrected chi connectivity index (χ1v) is 4.35. The van der Waals surface area contributed by atoms with Crippen LogP contribution >= 0.6 is 0 Å². The van der Waals surface area contributed by atoms with Crippen LogP contribution in [-0.2, 0) is 14.3 Å². The number of hydrogen-bond acceptors (Lipinski definition) is 3. The molecule has 0 aromatic rings. The first-order valence-electron chi connectivity index (χ1n) is 4.35. The summed E-state index contributed by atoms with van der Waals surface area (Å²) in [5.74, 6) is -0.410. The second kappa shape index (κ2) is 5.02. The van der Waals surface area contributed by atoms with Crippen LogP contribution in [0.4, 0.5) is 0 Å². The molecular weight excluding hydrogens is 168 g/mol. The van der Waals surface area contributed by atoms with Gasteiger partial charge in [-0.15, -0.1) is 0 Å². The predicted molar refractivity (Wildman–Crippen MR) is 51.2 cm³/mol. The van der Waals surface area contributed by atoms with Gasteiger partial charge in [0.1, 0.15) is 0 Å². The summed E-state index contributed by atoms with van der Waals surface area (Å²) in [6.07, 6.45) is 0.873. The lowest BCUT2D eigenvalue weighted by Gasteiger charge is -2.22. The quantitative estimate of drug-likeness (QED) is 0.375. The molecule has 0 radical (unpaired) electrons. The molecule has 13 heavy (non-hydrogen) atoms. The van der Waals surface area contributed by atoms with Gasteiger partial charge in [0.15, 0.2) is 6.79 Å². The number of carbonyl (C=O) groups is 1. The summed E-state index contributed by atoms with van der Waals surface area (Å²) in [6, 6.07) is 0. The molecule has 0 aliphatic carbocycles. The number of rotatable bonds is 5. The zero-order valence-corrected chi connectivity index (χ0v) is 8.85. The summed E-state index contributed by atoms with van der Waals surface area (Å²) in [6.45, 7) is 11.0. The molecule has 0 aromatic carbocycles. The van der Waals surface area contributed by atoms with Crippen LogP contribution in [0.1, 0.15) is 34.1 Å². The molecule has 0 bridgehead atoms. The third-order valence-electron chi connectivity index (χ3n) is 1.84. The van der Waals surface area contributed by atoms with Crippen molar-refractivity contribution < 1.29 is 14.3 Å². The summed E-state index contributed by atoms with van der Waals surface area (Å²) < 4.78 is 10.1. The highest BCUT2D eigenvalue weighted by Crippen LogP contribution is 2.13. The molecule has 0 heterocycles. The highest BCUT2D eigenvalue weighted by Gasteiger charge is 2.15. The maximum absolute atomic E-state index is 10.9. The van der Waals surface area contributed by atoms with E-state index in [2.05, 4.69) is 6.58 Å². The van der Waals surface area contributed by atoms with Gasteiger partial charge in [0, 0.05) is 5.57 Å². The summed E-state index contributed by atoms with van der Waals surface area (Å²) in [4.78, 5) is 10.9. The van der Waals surface area contributed by atoms with Crippen LogP contribution < -0.4 is 0 Å². The van der Waals surface area contributed by atoms with Crippen molar-refractivity contribution in [3.8, 4) is 0 Å². The number of hydrogen-bond donors (Lipinski definition) is 0. The van der Waals surface area contributed by atoms with E-state index in [1.807, 2.05) is 20.8 Å². The van der Waals surface area contributed by atoms with Crippen LogP contribution in [0, 0.1) is 0 Å². The highest BCUT2D eigenvalue weighted by molar-refractivity contribution is 5.86. The molecule has 0 atom stereocenters. The molecule has 0 amide bonds. The molecule has 0 aromatic heterocycles. The molecule has 0 unspecified atom stereocenters. The smallest absolute Gasteiger partial charge is 0.335 e. The Balaban J connectivity index is 3.68. The Morgan fingerprint density at radius 2 is 2.00 bits per heavy atom. The van der Waals surface area contributed by atoms with Gasteiger partial charge in [-0.05, 0) is 27.2 Å². The van der Waals surface area contributed by atoms with Crippen molar-refractivity contribution >= 4 is 5.97 Å². The zero-order valence-electron chi connectivity index (χ0n) is 8.85. The molecule has 0 fully saturated rings. The van der Waals surface area contributed by atoms with E-state index in [1.54, 1.807) is 6.92 Å². The van der Waals surface area contributed by atoms with Crippen LogP contribution in [0.15, 0.2) is 12.2 Å². The van der Waals surface area contributed by atoms with E-state index in [0.29, 0.717) is 5.57 Å². The van der Waals surface area contributed by atoms with E-state index in [9.17, 15) is 4.79 Å². The Labute approximate surface area is 79.7 Å². The number of carbonyl (C=O) groups excluding carboxylic acids is 1. The van der Waals surface area contributed by atoms with Crippen molar-refractivity contribution in [2.45, 2.75) is 39.7 Å². The van der Waals surface area contributed by atoms with Crippen molar-refractivity contribution in [2.24, 2.45) is 0 Å². The molecule has 0 aliphatic rings. The van der Waals surface area contributed by atoms with Gasteiger partial charge in [-0.2, -0.15) is 0 Å². The first-order chi connectivity index (χ1) is 5.89. The maximum Gasteiger partial charge on any atom is 0.335 e. The lowest BCUT2D eigenvalue weighted by atomic mass is 10.1. The van der Waals surface area contributed by atoms with Gasteiger partial charge in [-0.3, -0.25) is 0 Å². The second-order valence-electron chi connectivity index (χ2n) is 3.59. The zero-order chi connectivity index (χ0) is 10.5. The third kappa shape index (κ3) is 5.42. The fraction of sp³-hybridized carbons (Fsp3) is 0.700. The fourth-order valence-corrected chi connectivity index (χ4v) is 0.468. The van der Waals surface area contributed by atoms with Gasteiger partial charge in [0.25, 0.3) is 0 Å². The minimum atomic E-state index is -0.410. The van der Waals surface area contributed by atoms with Crippen LogP contribution in [0.25, 0.3) is 0 Å². The predicted octanol–water partition coefficient (Wildman–Crippen LogP) is 2.27. The van der Waals surface area contributed by atoms with E-state index in [0.717, 1.165) is 6.42 Å². The second-order valence-corrected chi connectivity index (χ2v) is 3.59. The van der Waals surface area contributed by atoms with E-state index >= 15 is 0 Å².